The fourth-order valence-electron chi connectivity index (χ4n) is 6.78. The molecule has 8 nitrogen and oxygen atoms in total. The Labute approximate surface area is 221 Å². The highest BCUT2D eigenvalue weighted by Crippen LogP contribution is 2.53. The van der Waals surface area contributed by atoms with E-state index in [-0.39, 0.29) is 24.2 Å². The zero-order chi connectivity index (χ0) is 27.0. The highest BCUT2D eigenvalue weighted by molar-refractivity contribution is 9.10. The normalized spacial score (nSPS) is 31.1. The van der Waals surface area contributed by atoms with E-state index in [1.165, 1.54) is 6.07 Å². The van der Waals surface area contributed by atoms with E-state index in [1.54, 1.807) is 19.9 Å². The van der Waals surface area contributed by atoms with Gasteiger partial charge in [-0.2, -0.15) is 0 Å². The molecule has 3 aliphatic carbocycles. The number of ketones is 4. The van der Waals surface area contributed by atoms with Gasteiger partial charge >= 0.3 is 0 Å². The quantitative estimate of drug-likeness (QED) is 0.482. The van der Waals surface area contributed by atoms with Crippen LogP contribution in [0, 0.1) is 35.5 Å². The van der Waals surface area contributed by atoms with E-state index >= 15 is 0 Å². The molecule has 0 radical (unpaired) electrons. The summed E-state index contributed by atoms with van der Waals surface area (Å²) < 4.78 is 0.827. The van der Waals surface area contributed by atoms with Crippen molar-refractivity contribution in [1.82, 2.24) is 0 Å². The van der Waals surface area contributed by atoms with Crippen molar-refractivity contribution in [2.75, 3.05) is 0 Å². The molecule has 0 bridgehead atoms. The first-order valence-electron chi connectivity index (χ1n) is 12.2. The predicted molar refractivity (Wildman–Crippen MR) is 135 cm³/mol. The number of halogens is 1. The number of nitrogens with two attached hydrogens (primary N) is 1. The number of aromatic hydroxyl groups is 1. The minimum absolute atomic E-state index is 0.0136. The van der Waals surface area contributed by atoms with Gasteiger partial charge in [-0.1, -0.05) is 48.0 Å². The number of Topliss-reactive ketones (excluding diaryl/α,β-unsaturated/α-hetero) is 4. The number of rotatable bonds is 3. The SMILES string of the molecule is CC(C)[C@@H]1C(=O)C(C(N)=O)C(=O)[C@@]2(O)C(=O)C3C(=O)c4c(O)ccc(-c5cccc(Br)c5)c4C[C@H]3C[C@@H]12. The van der Waals surface area contributed by atoms with Crippen LogP contribution in [0.5, 0.6) is 5.75 Å². The van der Waals surface area contributed by atoms with Crippen LogP contribution in [0.3, 0.4) is 0 Å². The van der Waals surface area contributed by atoms with E-state index in [0.29, 0.717) is 5.56 Å². The van der Waals surface area contributed by atoms with Crippen molar-refractivity contribution in [3.63, 3.8) is 0 Å². The van der Waals surface area contributed by atoms with Crippen molar-refractivity contribution in [2.24, 2.45) is 41.2 Å². The molecule has 2 aromatic carbocycles. The molecule has 3 aliphatic rings. The zero-order valence-corrected chi connectivity index (χ0v) is 21.8. The molecule has 2 fully saturated rings. The molecular formula is C28H26BrNO7. The second-order valence-electron chi connectivity index (χ2n) is 10.6. The fraction of sp³-hybridized carbons (Fsp3) is 0.393. The van der Waals surface area contributed by atoms with E-state index in [9.17, 15) is 34.2 Å². The number of carbonyl (C=O) groups is 5. The van der Waals surface area contributed by atoms with Crippen LogP contribution in [0.25, 0.3) is 11.1 Å². The highest BCUT2D eigenvalue weighted by atomic mass is 79.9. The maximum Gasteiger partial charge on any atom is 0.235 e. The van der Waals surface area contributed by atoms with Gasteiger partial charge in [0.2, 0.25) is 5.91 Å². The lowest BCUT2D eigenvalue weighted by Crippen LogP contribution is -2.71. The van der Waals surface area contributed by atoms with Gasteiger partial charge in [0, 0.05) is 16.3 Å². The number of primary amides is 1. The van der Waals surface area contributed by atoms with Crippen LogP contribution in [-0.2, 0) is 25.6 Å². The van der Waals surface area contributed by atoms with E-state index < -0.39 is 70.1 Å². The second kappa shape index (κ2) is 8.70. The summed E-state index contributed by atoms with van der Waals surface area (Å²) in [7, 11) is 0. The third-order valence-corrected chi connectivity index (χ3v) is 8.82. The van der Waals surface area contributed by atoms with Crippen LogP contribution in [0.15, 0.2) is 40.9 Å². The molecule has 4 N–H and O–H groups in total. The number of benzene rings is 2. The first kappa shape index (κ1) is 25.5. The van der Waals surface area contributed by atoms with Gasteiger partial charge in [-0.25, -0.2) is 0 Å². The molecule has 1 amide bonds. The smallest absolute Gasteiger partial charge is 0.235 e. The molecule has 0 heterocycles. The first-order valence-corrected chi connectivity index (χ1v) is 13.0. The molecule has 37 heavy (non-hydrogen) atoms. The topological polar surface area (TPSA) is 152 Å². The van der Waals surface area contributed by atoms with E-state index in [4.69, 9.17) is 5.73 Å². The number of amides is 1. The van der Waals surface area contributed by atoms with Gasteiger partial charge in [-0.05, 0) is 59.6 Å². The molecule has 0 saturated heterocycles. The van der Waals surface area contributed by atoms with Crippen LogP contribution >= 0.6 is 15.9 Å². The number of phenols is 1. The predicted octanol–water partition coefficient (Wildman–Crippen LogP) is 2.64. The molecule has 2 saturated carbocycles. The monoisotopic (exact) mass is 567 g/mol. The summed E-state index contributed by atoms with van der Waals surface area (Å²) in [6.07, 6.45) is 0.282. The fourth-order valence-corrected chi connectivity index (χ4v) is 7.18. The Bertz CT molecular complexity index is 1400. The number of hydrogen-bond donors (Lipinski definition) is 3. The molecule has 9 heteroatoms. The maximum atomic E-state index is 13.9. The lowest BCUT2D eigenvalue weighted by Gasteiger charge is -2.52. The first-order chi connectivity index (χ1) is 17.4. The number of carbonyl (C=O) groups excluding carboxylic acids is 5. The van der Waals surface area contributed by atoms with Crippen LogP contribution in [0.2, 0.25) is 0 Å². The minimum atomic E-state index is -2.69. The summed E-state index contributed by atoms with van der Waals surface area (Å²) in [4.78, 5) is 66.2. The molecule has 0 aliphatic heterocycles. The summed E-state index contributed by atoms with van der Waals surface area (Å²) in [5.41, 5.74) is 4.76. The summed E-state index contributed by atoms with van der Waals surface area (Å²) in [6, 6.07) is 10.6. The molecule has 2 aromatic rings. The van der Waals surface area contributed by atoms with Crippen molar-refractivity contribution in [3.05, 3.63) is 52.0 Å². The van der Waals surface area contributed by atoms with Crippen LogP contribution in [0.4, 0.5) is 0 Å². The van der Waals surface area contributed by atoms with Crippen LogP contribution in [-0.4, -0.2) is 44.9 Å². The molecule has 6 atom stereocenters. The standard InChI is InChI=1S/C28H26BrNO7/c1-11(2)19-17-10-13-9-16-15(12-4-3-5-14(29)8-12)6-7-18(31)21(16)24(33)20(13)25(34)28(17,37)26(35)22(23(19)32)27(30)36/h3-8,11,13,17,19-20,22,31,37H,9-10H2,1-2H3,(H2,30,36)/t13-,17-,19-,20?,22?,28-/m0/s1. The van der Waals surface area contributed by atoms with E-state index in [0.717, 1.165) is 15.6 Å². The molecule has 5 rings (SSSR count). The van der Waals surface area contributed by atoms with Crippen molar-refractivity contribution in [2.45, 2.75) is 32.3 Å². The largest absolute Gasteiger partial charge is 0.507 e. The molecule has 192 valence electrons. The van der Waals surface area contributed by atoms with Gasteiger partial charge in [-0.3, -0.25) is 24.0 Å². The van der Waals surface area contributed by atoms with Crippen molar-refractivity contribution in [1.29, 1.82) is 0 Å². The number of phenolic OH excluding ortho intramolecular Hbond substituents is 1. The summed E-state index contributed by atoms with van der Waals surface area (Å²) in [6.45, 7) is 3.44. The molecule has 0 spiro atoms. The van der Waals surface area contributed by atoms with Gasteiger partial charge in [0.15, 0.2) is 34.7 Å². The Morgan fingerprint density at radius 2 is 1.81 bits per heavy atom. The van der Waals surface area contributed by atoms with Gasteiger partial charge in [0.1, 0.15) is 5.75 Å². The average Bonchev–Trinajstić information content (AvgIpc) is 2.81. The Morgan fingerprint density at radius 1 is 1.11 bits per heavy atom. The Kier molecular flexibility index (Phi) is 5.99. The third-order valence-electron chi connectivity index (χ3n) is 8.33. The maximum absolute atomic E-state index is 13.9. The van der Waals surface area contributed by atoms with Gasteiger partial charge in [-0.15, -0.1) is 0 Å². The van der Waals surface area contributed by atoms with Gasteiger partial charge < -0.3 is 15.9 Å². The number of fused-ring (bicyclic) bond motifs is 3. The number of aliphatic hydroxyl groups is 1. The lowest BCUT2D eigenvalue weighted by molar-refractivity contribution is -0.182. The van der Waals surface area contributed by atoms with Gasteiger partial charge in [0.05, 0.1) is 11.5 Å². The second-order valence-corrected chi connectivity index (χ2v) is 11.6. The van der Waals surface area contributed by atoms with E-state index in [2.05, 4.69) is 15.9 Å². The van der Waals surface area contributed by atoms with Crippen molar-refractivity contribution >= 4 is 45.0 Å². The molecule has 2 unspecified atom stereocenters. The molecule has 0 aromatic heterocycles. The number of hydrogen-bond acceptors (Lipinski definition) is 7. The third kappa shape index (κ3) is 3.54. The average molecular weight is 568 g/mol. The van der Waals surface area contributed by atoms with Gasteiger partial charge in [0.25, 0.3) is 0 Å². The van der Waals surface area contributed by atoms with Crippen LogP contribution in [0.1, 0.15) is 36.2 Å². The van der Waals surface area contributed by atoms with Crippen LogP contribution < -0.4 is 5.73 Å². The Hall–Kier alpha value is -3.17. The zero-order valence-electron chi connectivity index (χ0n) is 20.2. The Balaban J connectivity index is 1.67. The minimum Gasteiger partial charge on any atom is -0.507 e. The lowest BCUT2D eigenvalue weighted by atomic mass is 9.49. The highest BCUT2D eigenvalue weighted by Gasteiger charge is 2.69. The Morgan fingerprint density at radius 3 is 2.43 bits per heavy atom. The molecular weight excluding hydrogens is 542 g/mol. The van der Waals surface area contributed by atoms with Crippen molar-refractivity contribution in [3.8, 4) is 16.9 Å². The van der Waals surface area contributed by atoms with Crippen molar-refractivity contribution < 1.29 is 34.2 Å². The summed E-state index contributed by atoms with van der Waals surface area (Å²) >= 11 is 3.45. The summed E-state index contributed by atoms with van der Waals surface area (Å²) in [5.74, 6) is -11.5. The summed E-state index contributed by atoms with van der Waals surface area (Å²) in [5, 5.41) is 22.3. The van der Waals surface area contributed by atoms with E-state index in [1.807, 2.05) is 24.3 Å².